The largest absolute Gasteiger partial charge is 0.351 e. The van der Waals surface area contributed by atoms with Crippen LogP contribution in [0.2, 0.25) is 0 Å². The summed E-state index contributed by atoms with van der Waals surface area (Å²) in [6.07, 6.45) is 2.93. The molecule has 32 heavy (non-hydrogen) atoms. The predicted molar refractivity (Wildman–Crippen MR) is 123 cm³/mol. The zero-order valence-corrected chi connectivity index (χ0v) is 18.8. The first-order valence-corrected chi connectivity index (χ1v) is 11.0. The first kappa shape index (κ1) is 20.5. The third kappa shape index (κ3) is 3.40. The van der Waals surface area contributed by atoms with E-state index in [0.717, 1.165) is 6.42 Å². The summed E-state index contributed by atoms with van der Waals surface area (Å²) in [5.74, 6) is 0.138. The number of pyridine rings is 1. The van der Waals surface area contributed by atoms with Crippen LogP contribution in [0.3, 0.4) is 0 Å². The van der Waals surface area contributed by atoms with Gasteiger partial charge in [-0.15, -0.1) is 0 Å². The Balaban J connectivity index is 1.40. The lowest BCUT2D eigenvalue weighted by atomic mass is 10.0. The van der Waals surface area contributed by atoms with Crippen molar-refractivity contribution in [2.75, 3.05) is 10.6 Å². The van der Waals surface area contributed by atoms with Gasteiger partial charge in [-0.1, -0.05) is 31.2 Å². The highest BCUT2D eigenvalue weighted by atomic mass is 79.9. The first-order valence-electron chi connectivity index (χ1n) is 10.2. The van der Waals surface area contributed by atoms with Crippen LogP contribution in [0.5, 0.6) is 0 Å². The standard InChI is InChI=1S/C22H21BrN6O3/c1-22-9-15(19(30)27-18-8-4-7-17(23)26-18)29(16(22)10-22)21(32)25-13-11-28(20(24)31)14-6-3-2-5-12(13)14/h2-8,11,15-16H,9-10H2,1H3,(H2,24,31)(H,25,32)(H,26,27,30)/t15-,16+,22-/m0/s1. The Bertz CT molecular complexity index is 1270. The fourth-order valence-corrected chi connectivity index (χ4v) is 4.97. The zero-order chi connectivity index (χ0) is 22.6. The van der Waals surface area contributed by atoms with Gasteiger partial charge in [-0.25, -0.2) is 14.6 Å². The smallest absolute Gasteiger partial charge is 0.323 e. The number of carbonyl (C=O) groups is 3. The van der Waals surface area contributed by atoms with Gasteiger partial charge < -0.3 is 21.3 Å². The Labute approximate surface area is 192 Å². The number of nitrogens with one attached hydrogen (secondary N) is 2. The van der Waals surface area contributed by atoms with Crippen LogP contribution in [0.25, 0.3) is 10.9 Å². The summed E-state index contributed by atoms with van der Waals surface area (Å²) in [6.45, 7) is 2.08. The van der Waals surface area contributed by atoms with E-state index < -0.39 is 12.1 Å². The van der Waals surface area contributed by atoms with Gasteiger partial charge in [0.1, 0.15) is 16.5 Å². The van der Waals surface area contributed by atoms with Crippen LogP contribution < -0.4 is 16.4 Å². The number of piperidine rings is 1. The number of urea groups is 1. The molecule has 1 aliphatic heterocycles. The number of rotatable bonds is 3. The maximum Gasteiger partial charge on any atom is 0.323 e. The number of hydrogen-bond donors (Lipinski definition) is 3. The maximum absolute atomic E-state index is 13.3. The fourth-order valence-electron chi connectivity index (χ4n) is 4.62. The van der Waals surface area contributed by atoms with Crippen molar-refractivity contribution in [1.82, 2.24) is 14.5 Å². The number of primary amides is 1. The normalized spacial score (nSPS) is 23.6. The second-order valence-electron chi connectivity index (χ2n) is 8.53. The third-order valence-corrected chi connectivity index (χ3v) is 6.77. The van der Waals surface area contributed by atoms with Gasteiger partial charge in [-0.3, -0.25) is 9.36 Å². The highest BCUT2D eigenvalue weighted by molar-refractivity contribution is 9.10. The minimum atomic E-state index is -0.642. The van der Waals surface area contributed by atoms with Crippen molar-refractivity contribution in [3.8, 4) is 0 Å². The molecule has 164 valence electrons. The number of amides is 4. The van der Waals surface area contributed by atoms with Crippen LogP contribution in [0, 0.1) is 5.41 Å². The Morgan fingerprint density at radius 3 is 2.66 bits per heavy atom. The van der Waals surface area contributed by atoms with Gasteiger partial charge in [0.25, 0.3) is 0 Å². The molecule has 5 rings (SSSR count). The zero-order valence-electron chi connectivity index (χ0n) is 17.2. The molecule has 4 N–H and O–H groups in total. The van der Waals surface area contributed by atoms with Crippen molar-refractivity contribution in [3.05, 3.63) is 53.3 Å². The SMILES string of the molecule is C[C@@]12C[C@@H](C(=O)Nc3cccc(Br)n3)N(C(=O)Nc3cn(C(N)=O)c4ccccc34)[C@@H]1C2. The lowest BCUT2D eigenvalue weighted by molar-refractivity contribution is -0.120. The summed E-state index contributed by atoms with van der Waals surface area (Å²) in [4.78, 5) is 44.0. The van der Waals surface area contributed by atoms with E-state index in [4.69, 9.17) is 5.73 Å². The number of likely N-dealkylation sites (tertiary alicyclic amines) is 1. The van der Waals surface area contributed by atoms with E-state index in [2.05, 4.69) is 38.5 Å². The molecule has 1 saturated heterocycles. The summed E-state index contributed by atoms with van der Waals surface area (Å²) in [6, 6.07) is 10.7. The van der Waals surface area contributed by atoms with Crippen molar-refractivity contribution in [1.29, 1.82) is 0 Å². The predicted octanol–water partition coefficient (Wildman–Crippen LogP) is 3.75. The third-order valence-electron chi connectivity index (χ3n) is 6.33. The molecule has 0 spiro atoms. The number of halogens is 1. The van der Waals surface area contributed by atoms with Crippen molar-refractivity contribution in [2.24, 2.45) is 11.1 Å². The number of para-hydroxylation sites is 1. The van der Waals surface area contributed by atoms with E-state index in [1.807, 2.05) is 6.07 Å². The van der Waals surface area contributed by atoms with Gasteiger partial charge in [-0.05, 0) is 52.4 Å². The molecule has 1 aromatic carbocycles. The highest BCUT2D eigenvalue weighted by Gasteiger charge is 2.64. The van der Waals surface area contributed by atoms with Crippen LogP contribution in [-0.4, -0.2) is 44.5 Å². The minimum Gasteiger partial charge on any atom is -0.351 e. The van der Waals surface area contributed by atoms with E-state index in [1.54, 1.807) is 41.3 Å². The second-order valence-corrected chi connectivity index (χ2v) is 9.35. The summed E-state index contributed by atoms with van der Waals surface area (Å²) in [5, 5.41) is 6.39. The molecule has 1 aliphatic carbocycles. The first-order chi connectivity index (χ1) is 15.3. The molecule has 3 atom stereocenters. The Kier molecular flexibility index (Phi) is 4.70. The molecule has 0 unspecified atom stereocenters. The van der Waals surface area contributed by atoms with Gasteiger partial charge in [0.05, 0.1) is 11.2 Å². The topological polar surface area (TPSA) is 122 Å². The summed E-state index contributed by atoms with van der Waals surface area (Å²) in [7, 11) is 0. The molecule has 2 fully saturated rings. The molecule has 9 nitrogen and oxygen atoms in total. The monoisotopic (exact) mass is 496 g/mol. The number of nitrogens with zero attached hydrogens (tertiary/aromatic N) is 3. The maximum atomic E-state index is 13.3. The molecule has 0 radical (unpaired) electrons. The summed E-state index contributed by atoms with van der Waals surface area (Å²) in [5.41, 5.74) is 6.46. The molecule has 1 saturated carbocycles. The van der Waals surface area contributed by atoms with E-state index in [-0.39, 0.29) is 23.4 Å². The molecular formula is C22H21BrN6O3. The Morgan fingerprint density at radius 1 is 1.12 bits per heavy atom. The van der Waals surface area contributed by atoms with E-state index in [9.17, 15) is 14.4 Å². The molecule has 0 bridgehead atoms. The van der Waals surface area contributed by atoms with E-state index >= 15 is 0 Å². The van der Waals surface area contributed by atoms with E-state index in [1.165, 1.54) is 10.8 Å². The van der Waals surface area contributed by atoms with Gasteiger partial charge in [0.2, 0.25) is 5.91 Å². The Hall–Kier alpha value is -3.40. The number of benzene rings is 1. The molecule has 2 aromatic heterocycles. The Morgan fingerprint density at radius 2 is 1.91 bits per heavy atom. The van der Waals surface area contributed by atoms with Crippen LogP contribution >= 0.6 is 15.9 Å². The van der Waals surface area contributed by atoms with Gasteiger partial charge in [0, 0.05) is 17.6 Å². The number of fused-ring (bicyclic) bond motifs is 2. The number of hydrogen-bond acceptors (Lipinski definition) is 4. The fraction of sp³-hybridized carbons (Fsp3) is 0.273. The average Bonchev–Trinajstić information content (AvgIpc) is 3.12. The van der Waals surface area contributed by atoms with Crippen LogP contribution in [0.15, 0.2) is 53.3 Å². The summed E-state index contributed by atoms with van der Waals surface area (Å²) >= 11 is 3.29. The van der Waals surface area contributed by atoms with Crippen molar-refractivity contribution in [3.63, 3.8) is 0 Å². The van der Waals surface area contributed by atoms with Crippen LogP contribution in [0.1, 0.15) is 19.8 Å². The molecule has 10 heteroatoms. The van der Waals surface area contributed by atoms with Crippen molar-refractivity contribution >= 4 is 56.3 Å². The number of carbonyl (C=O) groups excluding carboxylic acids is 3. The van der Waals surface area contributed by atoms with Gasteiger partial charge >= 0.3 is 12.1 Å². The quantitative estimate of drug-likeness (QED) is 0.477. The van der Waals surface area contributed by atoms with Crippen LogP contribution in [-0.2, 0) is 4.79 Å². The molecule has 2 aliphatic rings. The van der Waals surface area contributed by atoms with Gasteiger partial charge in [-0.2, -0.15) is 0 Å². The lowest BCUT2D eigenvalue weighted by Gasteiger charge is -2.26. The number of aromatic nitrogens is 2. The lowest BCUT2D eigenvalue weighted by Crippen LogP contribution is -2.47. The molecule has 4 amide bonds. The summed E-state index contributed by atoms with van der Waals surface area (Å²) < 4.78 is 1.90. The molecule has 3 heterocycles. The number of anilines is 2. The van der Waals surface area contributed by atoms with Crippen molar-refractivity contribution < 1.29 is 14.4 Å². The highest BCUT2D eigenvalue weighted by Crippen LogP contribution is 2.59. The average molecular weight is 497 g/mol. The second kappa shape index (κ2) is 7.33. The molecule has 3 aromatic rings. The van der Waals surface area contributed by atoms with E-state index in [0.29, 0.717) is 33.4 Å². The van der Waals surface area contributed by atoms with Gasteiger partial charge in [0.15, 0.2) is 0 Å². The minimum absolute atomic E-state index is 0.0155. The molecular weight excluding hydrogens is 476 g/mol. The van der Waals surface area contributed by atoms with Crippen LogP contribution in [0.4, 0.5) is 21.1 Å². The number of nitrogens with two attached hydrogens (primary N) is 1. The van der Waals surface area contributed by atoms with Crippen molar-refractivity contribution in [2.45, 2.75) is 31.8 Å².